The van der Waals surface area contributed by atoms with Crippen LogP contribution in [0.1, 0.15) is 24.1 Å². The van der Waals surface area contributed by atoms with E-state index in [4.69, 9.17) is 0 Å². The third-order valence-corrected chi connectivity index (χ3v) is 2.78. The minimum atomic E-state index is -4.35. The van der Waals surface area contributed by atoms with Gasteiger partial charge in [-0.3, -0.25) is 4.98 Å². The van der Waals surface area contributed by atoms with Gasteiger partial charge in [0, 0.05) is 18.4 Å². The Labute approximate surface area is 109 Å². The number of benzene rings is 1. The second-order valence-corrected chi connectivity index (χ2v) is 4.19. The summed E-state index contributed by atoms with van der Waals surface area (Å²) in [5, 5.41) is 3.01. The SMILES string of the molecule is CC(Nc1cccnc1)c1ccccc1C(F)(F)F. The van der Waals surface area contributed by atoms with Crippen molar-refractivity contribution in [2.75, 3.05) is 5.32 Å². The summed E-state index contributed by atoms with van der Waals surface area (Å²) in [7, 11) is 0. The highest BCUT2D eigenvalue weighted by atomic mass is 19.4. The predicted octanol–water partition coefficient (Wildman–Crippen LogP) is 4.27. The predicted molar refractivity (Wildman–Crippen MR) is 67.7 cm³/mol. The first-order chi connectivity index (χ1) is 8.98. The monoisotopic (exact) mass is 266 g/mol. The molecule has 1 N–H and O–H groups in total. The Balaban J connectivity index is 2.27. The van der Waals surface area contributed by atoms with Crippen molar-refractivity contribution in [3.05, 3.63) is 59.9 Å². The van der Waals surface area contributed by atoms with Crippen LogP contribution in [0, 0.1) is 0 Å². The van der Waals surface area contributed by atoms with Gasteiger partial charge in [-0.1, -0.05) is 18.2 Å². The van der Waals surface area contributed by atoms with E-state index in [1.807, 2.05) is 0 Å². The van der Waals surface area contributed by atoms with E-state index in [9.17, 15) is 13.2 Å². The van der Waals surface area contributed by atoms with E-state index in [0.717, 1.165) is 6.07 Å². The minimum absolute atomic E-state index is 0.221. The van der Waals surface area contributed by atoms with Crippen LogP contribution in [-0.2, 0) is 6.18 Å². The number of hydrogen-bond acceptors (Lipinski definition) is 2. The number of halogens is 3. The summed E-state index contributed by atoms with van der Waals surface area (Å²) in [5.41, 5.74) is 0.296. The van der Waals surface area contributed by atoms with Gasteiger partial charge in [0.25, 0.3) is 0 Å². The molecule has 0 saturated heterocycles. The molecule has 5 heteroatoms. The Hall–Kier alpha value is -2.04. The van der Waals surface area contributed by atoms with Crippen LogP contribution in [0.2, 0.25) is 0 Å². The van der Waals surface area contributed by atoms with Crippen LogP contribution in [0.25, 0.3) is 0 Å². The molecule has 2 rings (SSSR count). The summed E-state index contributed by atoms with van der Waals surface area (Å²) in [4.78, 5) is 3.92. The second kappa shape index (κ2) is 5.30. The fourth-order valence-corrected chi connectivity index (χ4v) is 1.91. The quantitative estimate of drug-likeness (QED) is 0.897. The van der Waals surface area contributed by atoms with Gasteiger partial charge >= 0.3 is 6.18 Å². The first-order valence-electron chi connectivity index (χ1n) is 5.81. The standard InChI is InChI=1S/C14H13F3N2/c1-10(19-11-5-4-8-18-9-11)12-6-2-3-7-13(12)14(15,16)17/h2-10,19H,1H3. The summed E-state index contributed by atoms with van der Waals surface area (Å²) in [6.45, 7) is 1.69. The number of rotatable bonds is 3. The molecule has 0 aliphatic rings. The van der Waals surface area contributed by atoms with Gasteiger partial charge in [0.2, 0.25) is 0 Å². The summed E-state index contributed by atoms with van der Waals surface area (Å²) in [5.74, 6) is 0. The van der Waals surface area contributed by atoms with E-state index < -0.39 is 17.8 Å². The Morgan fingerprint density at radius 3 is 2.47 bits per heavy atom. The van der Waals surface area contributed by atoms with Gasteiger partial charge in [-0.25, -0.2) is 0 Å². The molecule has 0 amide bonds. The van der Waals surface area contributed by atoms with Gasteiger partial charge in [0.05, 0.1) is 11.3 Å². The van der Waals surface area contributed by atoms with Crippen molar-refractivity contribution in [2.24, 2.45) is 0 Å². The molecular weight excluding hydrogens is 253 g/mol. The van der Waals surface area contributed by atoms with E-state index in [-0.39, 0.29) is 5.56 Å². The highest BCUT2D eigenvalue weighted by Crippen LogP contribution is 2.35. The summed E-state index contributed by atoms with van der Waals surface area (Å²) < 4.78 is 38.7. The maximum atomic E-state index is 12.9. The average molecular weight is 266 g/mol. The molecule has 1 aromatic heterocycles. The summed E-state index contributed by atoms with van der Waals surface area (Å²) in [6.07, 6.45) is -1.16. The van der Waals surface area contributed by atoms with Gasteiger partial charge in [-0.2, -0.15) is 13.2 Å². The van der Waals surface area contributed by atoms with E-state index in [2.05, 4.69) is 10.3 Å². The molecule has 100 valence electrons. The van der Waals surface area contributed by atoms with Crippen molar-refractivity contribution < 1.29 is 13.2 Å². The third kappa shape index (κ3) is 3.24. The van der Waals surface area contributed by atoms with Gasteiger partial charge in [-0.15, -0.1) is 0 Å². The highest BCUT2D eigenvalue weighted by molar-refractivity contribution is 5.44. The number of aromatic nitrogens is 1. The third-order valence-electron chi connectivity index (χ3n) is 2.78. The van der Waals surface area contributed by atoms with Crippen molar-refractivity contribution in [1.29, 1.82) is 0 Å². The molecule has 2 nitrogen and oxygen atoms in total. The van der Waals surface area contributed by atoms with Crippen molar-refractivity contribution in [3.63, 3.8) is 0 Å². The van der Waals surface area contributed by atoms with Crippen LogP contribution < -0.4 is 5.32 Å². The van der Waals surface area contributed by atoms with E-state index in [1.54, 1.807) is 37.5 Å². The van der Waals surface area contributed by atoms with Crippen molar-refractivity contribution >= 4 is 5.69 Å². The van der Waals surface area contributed by atoms with Gasteiger partial charge in [0.1, 0.15) is 0 Å². The van der Waals surface area contributed by atoms with E-state index in [0.29, 0.717) is 5.69 Å². The van der Waals surface area contributed by atoms with Crippen molar-refractivity contribution in [2.45, 2.75) is 19.1 Å². The van der Waals surface area contributed by atoms with Crippen LogP contribution in [0.3, 0.4) is 0 Å². The van der Waals surface area contributed by atoms with Crippen LogP contribution in [-0.4, -0.2) is 4.98 Å². The Bertz CT molecular complexity index is 538. The molecule has 1 aromatic carbocycles. The maximum Gasteiger partial charge on any atom is 0.416 e. The molecule has 0 spiro atoms. The molecule has 19 heavy (non-hydrogen) atoms. The lowest BCUT2D eigenvalue weighted by Gasteiger charge is -2.20. The lowest BCUT2D eigenvalue weighted by atomic mass is 10.0. The molecule has 0 fully saturated rings. The zero-order valence-corrected chi connectivity index (χ0v) is 10.3. The smallest absolute Gasteiger partial charge is 0.377 e. The Kier molecular flexibility index (Phi) is 3.74. The van der Waals surface area contributed by atoms with E-state index >= 15 is 0 Å². The minimum Gasteiger partial charge on any atom is -0.377 e. The number of anilines is 1. The molecule has 0 aliphatic heterocycles. The number of hydrogen-bond donors (Lipinski definition) is 1. The molecule has 0 radical (unpaired) electrons. The summed E-state index contributed by atoms with van der Waals surface area (Å²) >= 11 is 0. The number of nitrogens with one attached hydrogen (secondary N) is 1. The zero-order valence-electron chi connectivity index (χ0n) is 10.3. The first kappa shape index (κ1) is 13.4. The van der Waals surface area contributed by atoms with Crippen LogP contribution in [0.4, 0.5) is 18.9 Å². The first-order valence-corrected chi connectivity index (χ1v) is 5.81. The molecule has 1 unspecified atom stereocenters. The Morgan fingerprint density at radius 2 is 1.84 bits per heavy atom. The second-order valence-electron chi connectivity index (χ2n) is 4.19. The van der Waals surface area contributed by atoms with Crippen LogP contribution in [0.5, 0.6) is 0 Å². The average Bonchev–Trinajstić information content (AvgIpc) is 2.39. The topological polar surface area (TPSA) is 24.9 Å². The normalized spacial score (nSPS) is 13.1. The number of pyridine rings is 1. The zero-order chi connectivity index (χ0) is 13.9. The molecule has 0 bridgehead atoms. The highest BCUT2D eigenvalue weighted by Gasteiger charge is 2.34. The largest absolute Gasteiger partial charge is 0.416 e. The maximum absolute atomic E-state index is 12.9. The molecule has 1 heterocycles. The molecule has 0 saturated carbocycles. The number of alkyl halides is 3. The lowest BCUT2D eigenvalue weighted by molar-refractivity contribution is -0.138. The summed E-state index contributed by atoms with van der Waals surface area (Å²) in [6, 6.07) is 8.61. The molecular formula is C14H13F3N2. The van der Waals surface area contributed by atoms with Gasteiger partial charge in [0.15, 0.2) is 0 Å². The Morgan fingerprint density at radius 1 is 1.11 bits per heavy atom. The van der Waals surface area contributed by atoms with Crippen molar-refractivity contribution in [1.82, 2.24) is 4.98 Å². The fourth-order valence-electron chi connectivity index (χ4n) is 1.91. The lowest BCUT2D eigenvalue weighted by Crippen LogP contribution is -2.15. The van der Waals surface area contributed by atoms with Gasteiger partial charge in [-0.05, 0) is 30.7 Å². The number of nitrogens with zero attached hydrogens (tertiary/aromatic N) is 1. The van der Waals surface area contributed by atoms with Crippen molar-refractivity contribution in [3.8, 4) is 0 Å². The van der Waals surface area contributed by atoms with Crippen LogP contribution in [0.15, 0.2) is 48.8 Å². The van der Waals surface area contributed by atoms with E-state index in [1.165, 1.54) is 12.1 Å². The molecule has 1 atom stereocenters. The van der Waals surface area contributed by atoms with Crippen LogP contribution >= 0.6 is 0 Å². The molecule has 0 aliphatic carbocycles. The molecule has 2 aromatic rings. The van der Waals surface area contributed by atoms with Gasteiger partial charge < -0.3 is 5.32 Å². The fraction of sp³-hybridized carbons (Fsp3) is 0.214.